The molecule has 4 heteroatoms. The number of hydrogen-bond donors (Lipinski definition) is 2. The maximum atomic E-state index is 12.3. The SMILES string of the molecule is CC(C)Cc1cc(C(=O)NC(C)C2CC3CCC2C3)n[nH]1. The smallest absolute Gasteiger partial charge is 0.271 e. The van der Waals surface area contributed by atoms with Gasteiger partial charge in [-0.05, 0) is 62.3 Å². The van der Waals surface area contributed by atoms with E-state index < -0.39 is 0 Å². The fraction of sp³-hybridized carbons (Fsp3) is 0.765. The van der Waals surface area contributed by atoms with E-state index in [1.807, 2.05) is 6.07 Å². The molecule has 2 saturated carbocycles. The van der Waals surface area contributed by atoms with Gasteiger partial charge in [0, 0.05) is 11.7 Å². The average molecular weight is 289 g/mol. The number of nitrogens with zero attached hydrogens (tertiary/aromatic N) is 1. The van der Waals surface area contributed by atoms with E-state index in [1.165, 1.54) is 25.7 Å². The Morgan fingerprint density at radius 1 is 1.38 bits per heavy atom. The fourth-order valence-electron chi connectivity index (χ4n) is 4.32. The number of nitrogens with one attached hydrogen (secondary N) is 2. The molecule has 3 rings (SSSR count). The summed E-state index contributed by atoms with van der Waals surface area (Å²) in [7, 11) is 0. The lowest BCUT2D eigenvalue weighted by atomic mass is 9.84. The molecule has 1 aromatic heterocycles. The van der Waals surface area contributed by atoms with Gasteiger partial charge in [-0.3, -0.25) is 9.89 Å². The number of carbonyl (C=O) groups is 1. The highest BCUT2D eigenvalue weighted by atomic mass is 16.2. The molecule has 2 bridgehead atoms. The summed E-state index contributed by atoms with van der Waals surface area (Å²) in [6.07, 6.45) is 6.37. The van der Waals surface area contributed by atoms with Gasteiger partial charge in [-0.25, -0.2) is 0 Å². The number of amides is 1. The minimum Gasteiger partial charge on any atom is -0.348 e. The Balaban J connectivity index is 1.57. The highest BCUT2D eigenvalue weighted by Crippen LogP contribution is 2.49. The Bertz CT molecular complexity index is 508. The van der Waals surface area contributed by atoms with Crippen molar-refractivity contribution in [3.63, 3.8) is 0 Å². The quantitative estimate of drug-likeness (QED) is 0.874. The molecule has 21 heavy (non-hydrogen) atoms. The first-order valence-electron chi connectivity index (χ1n) is 8.38. The number of H-pyrrole nitrogens is 1. The summed E-state index contributed by atoms with van der Waals surface area (Å²) in [5.41, 5.74) is 1.57. The van der Waals surface area contributed by atoms with Crippen molar-refractivity contribution in [1.29, 1.82) is 0 Å². The normalized spacial score (nSPS) is 29.0. The number of hydrogen-bond acceptors (Lipinski definition) is 2. The summed E-state index contributed by atoms with van der Waals surface area (Å²) in [5.74, 6) is 2.95. The number of fused-ring (bicyclic) bond motifs is 2. The summed E-state index contributed by atoms with van der Waals surface area (Å²) >= 11 is 0. The minimum atomic E-state index is -0.0310. The lowest BCUT2D eigenvalue weighted by Crippen LogP contribution is -2.40. The van der Waals surface area contributed by atoms with Crippen LogP contribution in [-0.2, 0) is 6.42 Å². The van der Waals surface area contributed by atoms with Crippen molar-refractivity contribution >= 4 is 5.91 Å². The van der Waals surface area contributed by atoms with Crippen molar-refractivity contribution in [3.05, 3.63) is 17.5 Å². The van der Waals surface area contributed by atoms with Crippen molar-refractivity contribution in [3.8, 4) is 0 Å². The topological polar surface area (TPSA) is 57.8 Å². The third-order valence-corrected chi connectivity index (χ3v) is 5.29. The predicted octanol–water partition coefficient (Wildman–Crippen LogP) is 3.16. The monoisotopic (exact) mass is 289 g/mol. The summed E-state index contributed by atoms with van der Waals surface area (Å²) in [5, 5.41) is 10.3. The van der Waals surface area contributed by atoms with Gasteiger partial charge in [-0.1, -0.05) is 20.3 Å². The molecule has 0 aromatic carbocycles. The molecule has 2 aliphatic rings. The van der Waals surface area contributed by atoms with Gasteiger partial charge < -0.3 is 5.32 Å². The zero-order chi connectivity index (χ0) is 15.0. The van der Waals surface area contributed by atoms with Gasteiger partial charge in [0.2, 0.25) is 0 Å². The minimum absolute atomic E-state index is 0.0310. The van der Waals surface area contributed by atoms with Crippen LogP contribution in [0.4, 0.5) is 0 Å². The van der Waals surface area contributed by atoms with Gasteiger partial charge in [0.1, 0.15) is 5.69 Å². The van der Waals surface area contributed by atoms with Gasteiger partial charge in [0.05, 0.1) is 0 Å². The lowest BCUT2D eigenvalue weighted by Gasteiger charge is -2.28. The molecule has 4 nitrogen and oxygen atoms in total. The van der Waals surface area contributed by atoms with Crippen LogP contribution in [-0.4, -0.2) is 22.1 Å². The van der Waals surface area contributed by atoms with Crippen LogP contribution in [0.15, 0.2) is 6.07 Å². The molecule has 4 atom stereocenters. The number of rotatable bonds is 5. The largest absolute Gasteiger partial charge is 0.348 e. The molecule has 1 heterocycles. The molecule has 0 saturated heterocycles. The maximum Gasteiger partial charge on any atom is 0.271 e. The van der Waals surface area contributed by atoms with Gasteiger partial charge >= 0.3 is 0 Å². The fourth-order valence-corrected chi connectivity index (χ4v) is 4.32. The Labute approximate surface area is 127 Å². The Morgan fingerprint density at radius 3 is 2.81 bits per heavy atom. The molecule has 2 N–H and O–H groups in total. The van der Waals surface area contributed by atoms with Gasteiger partial charge in [-0.15, -0.1) is 0 Å². The zero-order valence-corrected chi connectivity index (χ0v) is 13.4. The van der Waals surface area contributed by atoms with E-state index in [0.717, 1.165) is 24.0 Å². The highest BCUT2D eigenvalue weighted by Gasteiger charge is 2.42. The van der Waals surface area contributed by atoms with Crippen LogP contribution in [0.1, 0.15) is 62.6 Å². The lowest BCUT2D eigenvalue weighted by molar-refractivity contribution is 0.0910. The second-order valence-electron chi connectivity index (χ2n) is 7.48. The van der Waals surface area contributed by atoms with Gasteiger partial charge in [0.25, 0.3) is 5.91 Å². The van der Waals surface area contributed by atoms with Crippen LogP contribution in [0.5, 0.6) is 0 Å². The molecule has 116 valence electrons. The van der Waals surface area contributed by atoms with Crippen LogP contribution < -0.4 is 5.32 Å². The first kappa shape index (κ1) is 14.6. The first-order valence-corrected chi connectivity index (χ1v) is 8.38. The van der Waals surface area contributed by atoms with E-state index in [1.54, 1.807) is 0 Å². The first-order chi connectivity index (χ1) is 10.0. The van der Waals surface area contributed by atoms with E-state index in [4.69, 9.17) is 0 Å². The van der Waals surface area contributed by atoms with Crippen LogP contribution in [0.25, 0.3) is 0 Å². The summed E-state index contributed by atoms with van der Waals surface area (Å²) in [6.45, 7) is 6.49. The van der Waals surface area contributed by atoms with E-state index in [-0.39, 0.29) is 11.9 Å². The average Bonchev–Trinajstić information content (AvgIpc) is 3.12. The summed E-state index contributed by atoms with van der Waals surface area (Å²) < 4.78 is 0. The highest BCUT2D eigenvalue weighted by molar-refractivity contribution is 5.92. The van der Waals surface area contributed by atoms with Gasteiger partial charge in [0.15, 0.2) is 0 Å². The molecule has 1 aromatic rings. The van der Waals surface area contributed by atoms with E-state index >= 15 is 0 Å². The zero-order valence-electron chi connectivity index (χ0n) is 13.4. The van der Waals surface area contributed by atoms with Gasteiger partial charge in [-0.2, -0.15) is 5.10 Å². The van der Waals surface area contributed by atoms with Crippen molar-refractivity contribution in [2.75, 3.05) is 0 Å². The Kier molecular flexibility index (Phi) is 4.05. The van der Waals surface area contributed by atoms with Crippen LogP contribution in [0.3, 0.4) is 0 Å². The standard InChI is InChI=1S/C17H27N3O/c1-10(2)6-14-9-16(20-19-14)17(21)18-11(3)15-8-12-4-5-13(15)7-12/h9-13,15H,4-8H2,1-3H3,(H,18,21)(H,19,20). The molecule has 1 amide bonds. The van der Waals surface area contributed by atoms with E-state index in [0.29, 0.717) is 17.5 Å². The summed E-state index contributed by atoms with van der Waals surface area (Å²) in [6, 6.07) is 2.15. The third kappa shape index (κ3) is 3.14. The molecule has 0 spiro atoms. The van der Waals surface area contributed by atoms with Crippen molar-refractivity contribution < 1.29 is 4.79 Å². The van der Waals surface area contributed by atoms with Crippen LogP contribution >= 0.6 is 0 Å². The number of aromatic nitrogens is 2. The molecular weight excluding hydrogens is 262 g/mol. The second-order valence-corrected chi connectivity index (χ2v) is 7.48. The molecule has 2 fully saturated rings. The number of aromatic amines is 1. The second kappa shape index (κ2) is 5.82. The molecule has 4 unspecified atom stereocenters. The molecule has 2 aliphatic carbocycles. The molecule has 0 aliphatic heterocycles. The Hall–Kier alpha value is -1.32. The maximum absolute atomic E-state index is 12.3. The molecular formula is C17H27N3O. The molecule has 0 radical (unpaired) electrons. The predicted molar refractivity (Wildman–Crippen MR) is 83.0 cm³/mol. The summed E-state index contributed by atoms with van der Waals surface area (Å²) in [4.78, 5) is 12.3. The van der Waals surface area contributed by atoms with Crippen LogP contribution in [0, 0.1) is 23.7 Å². The Morgan fingerprint density at radius 2 is 2.19 bits per heavy atom. The van der Waals surface area contributed by atoms with Crippen molar-refractivity contribution in [2.45, 2.75) is 58.9 Å². The van der Waals surface area contributed by atoms with Crippen molar-refractivity contribution in [2.24, 2.45) is 23.7 Å². The third-order valence-electron chi connectivity index (χ3n) is 5.29. The van der Waals surface area contributed by atoms with Crippen LogP contribution in [0.2, 0.25) is 0 Å². The van der Waals surface area contributed by atoms with E-state index in [2.05, 4.69) is 36.3 Å². The van der Waals surface area contributed by atoms with E-state index in [9.17, 15) is 4.79 Å². The van der Waals surface area contributed by atoms with Crippen molar-refractivity contribution in [1.82, 2.24) is 15.5 Å². The number of carbonyl (C=O) groups excluding carboxylic acids is 1.